The molecule has 6 heteroatoms. The molecule has 0 fully saturated rings. The summed E-state index contributed by atoms with van der Waals surface area (Å²) in [6.07, 6.45) is 1.06. The van der Waals surface area contributed by atoms with Gasteiger partial charge in [-0.15, -0.1) is 0 Å². The van der Waals surface area contributed by atoms with Crippen molar-refractivity contribution in [3.63, 3.8) is 0 Å². The molecule has 0 unspecified atom stereocenters. The Kier molecular flexibility index (Phi) is 3.23. The van der Waals surface area contributed by atoms with Crippen LogP contribution in [0.15, 0.2) is 41.0 Å². The van der Waals surface area contributed by atoms with Crippen LogP contribution in [0.1, 0.15) is 5.56 Å². The SMILES string of the molecule is Cc1ccc(S(=O)(=O)N2CC(=O)C=C(O)C2)cc1. The largest absolute Gasteiger partial charge is 0.511 e. The Morgan fingerprint density at radius 1 is 1.17 bits per heavy atom. The minimum atomic E-state index is -3.73. The third kappa shape index (κ3) is 2.44. The molecule has 1 heterocycles. The molecule has 0 aliphatic carbocycles. The lowest BCUT2D eigenvalue weighted by Gasteiger charge is -2.23. The van der Waals surface area contributed by atoms with Gasteiger partial charge in [0.05, 0.1) is 18.0 Å². The average Bonchev–Trinajstić information content (AvgIpc) is 2.28. The van der Waals surface area contributed by atoms with E-state index in [-0.39, 0.29) is 23.7 Å². The third-order valence-corrected chi connectivity index (χ3v) is 4.46. The van der Waals surface area contributed by atoms with Gasteiger partial charge in [-0.3, -0.25) is 4.79 Å². The summed E-state index contributed by atoms with van der Waals surface area (Å²) in [7, 11) is -3.73. The van der Waals surface area contributed by atoms with Crippen LogP contribution in [0, 0.1) is 6.92 Å². The van der Waals surface area contributed by atoms with E-state index in [9.17, 15) is 18.3 Å². The van der Waals surface area contributed by atoms with Crippen molar-refractivity contribution >= 4 is 15.8 Å². The lowest BCUT2D eigenvalue weighted by molar-refractivity contribution is -0.115. The van der Waals surface area contributed by atoms with Crippen molar-refractivity contribution in [2.75, 3.05) is 13.1 Å². The van der Waals surface area contributed by atoms with Crippen molar-refractivity contribution in [3.05, 3.63) is 41.7 Å². The highest BCUT2D eigenvalue weighted by molar-refractivity contribution is 7.89. The zero-order valence-electron chi connectivity index (χ0n) is 9.83. The van der Waals surface area contributed by atoms with Gasteiger partial charge in [0.25, 0.3) is 0 Å². The Morgan fingerprint density at radius 3 is 2.33 bits per heavy atom. The fourth-order valence-corrected chi connectivity index (χ4v) is 3.09. The van der Waals surface area contributed by atoms with Gasteiger partial charge in [0.2, 0.25) is 10.0 Å². The molecular weight excluding hydrogens is 254 g/mol. The second kappa shape index (κ2) is 4.55. The molecule has 1 aliphatic rings. The molecule has 96 valence electrons. The van der Waals surface area contributed by atoms with Crippen LogP contribution in [0.25, 0.3) is 0 Å². The Balaban J connectivity index is 2.35. The number of aliphatic hydroxyl groups is 1. The average molecular weight is 267 g/mol. The number of aliphatic hydroxyl groups excluding tert-OH is 1. The van der Waals surface area contributed by atoms with E-state index in [1.165, 1.54) is 12.1 Å². The normalized spacial score (nSPS) is 17.6. The summed E-state index contributed by atoms with van der Waals surface area (Å²) in [5, 5.41) is 9.34. The number of carbonyl (C=O) groups excluding carboxylic acids is 1. The second-order valence-electron chi connectivity index (χ2n) is 4.19. The monoisotopic (exact) mass is 267 g/mol. The summed E-state index contributed by atoms with van der Waals surface area (Å²) in [4.78, 5) is 11.4. The van der Waals surface area contributed by atoms with Crippen molar-refractivity contribution in [1.82, 2.24) is 4.31 Å². The van der Waals surface area contributed by atoms with Gasteiger partial charge < -0.3 is 5.11 Å². The minimum Gasteiger partial charge on any atom is -0.511 e. The highest BCUT2D eigenvalue weighted by atomic mass is 32.2. The number of hydrogen-bond donors (Lipinski definition) is 1. The lowest BCUT2D eigenvalue weighted by Crippen LogP contribution is -2.39. The Labute approximate surface area is 105 Å². The molecule has 5 nitrogen and oxygen atoms in total. The summed E-state index contributed by atoms with van der Waals surface area (Å²) in [6, 6.07) is 6.36. The molecule has 0 saturated carbocycles. The molecule has 0 atom stereocenters. The van der Waals surface area contributed by atoms with Crippen LogP contribution in [0.5, 0.6) is 0 Å². The molecule has 0 bridgehead atoms. The number of sulfonamides is 1. The molecule has 18 heavy (non-hydrogen) atoms. The number of nitrogens with zero attached hydrogens (tertiary/aromatic N) is 1. The van der Waals surface area contributed by atoms with Gasteiger partial charge in [-0.25, -0.2) is 8.42 Å². The molecule has 1 aliphatic heterocycles. The van der Waals surface area contributed by atoms with E-state index in [1.54, 1.807) is 12.1 Å². The summed E-state index contributed by atoms with van der Waals surface area (Å²) < 4.78 is 25.4. The van der Waals surface area contributed by atoms with E-state index in [2.05, 4.69) is 0 Å². The molecule has 0 spiro atoms. The summed E-state index contributed by atoms with van der Waals surface area (Å²) in [5.41, 5.74) is 0.950. The van der Waals surface area contributed by atoms with Crippen molar-refractivity contribution < 1.29 is 18.3 Å². The predicted molar refractivity (Wildman–Crippen MR) is 65.7 cm³/mol. The highest BCUT2D eigenvalue weighted by Crippen LogP contribution is 2.19. The number of aryl methyl sites for hydroxylation is 1. The van der Waals surface area contributed by atoms with E-state index in [0.29, 0.717) is 0 Å². The van der Waals surface area contributed by atoms with Crippen molar-refractivity contribution in [3.8, 4) is 0 Å². The lowest BCUT2D eigenvalue weighted by atomic mass is 10.2. The van der Waals surface area contributed by atoms with Gasteiger partial charge >= 0.3 is 0 Å². The van der Waals surface area contributed by atoms with Crippen LogP contribution < -0.4 is 0 Å². The predicted octanol–water partition coefficient (Wildman–Crippen LogP) is 1.01. The summed E-state index contributed by atoms with van der Waals surface area (Å²) in [6.45, 7) is 1.46. The Bertz CT molecular complexity index is 601. The molecule has 0 radical (unpaired) electrons. The maximum atomic E-state index is 12.2. The van der Waals surface area contributed by atoms with Crippen LogP contribution in [-0.4, -0.2) is 36.7 Å². The van der Waals surface area contributed by atoms with E-state index in [4.69, 9.17) is 0 Å². The number of ketones is 1. The standard InChI is InChI=1S/C12H13NO4S/c1-9-2-4-12(5-3-9)18(16,17)13-7-10(14)6-11(15)8-13/h2-6,14H,7-8H2,1H3. The van der Waals surface area contributed by atoms with Gasteiger partial charge in [-0.05, 0) is 19.1 Å². The van der Waals surface area contributed by atoms with Crippen LogP contribution in [0.3, 0.4) is 0 Å². The first-order chi connectivity index (χ1) is 8.39. The first-order valence-corrected chi connectivity index (χ1v) is 6.83. The smallest absolute Gasteiger partial charge is 0.243 e. The van der Waals surface area contributed by atoms with E-state index >= 15 is 0 Å². The number of carbonyl (C=O) groups is 1. The maximum absolute atomic E-state index is 12.2. The fourth-order valence-electron chi connectivity index (χ4n) is 1.72. The molecule has 0 saturated heterocycles. The first kappa shape index (κ1) is 12.8. The van der Waals surface area contributed by atoms with Gasteiger partial charge in [-0.2, -0.15) is 4.31 Å². The molecule has 1 N–H and O–H groups in total. The first-order valence-electron chi connectivity index (χ1n) is 5.39. The summed E-state index contributed by atoms with van der Waals surface area (Å²) >= 11 is 0. The number of benzene rings is 1. The van der Waals surface area contributed by atoms with Crippen LogP contribution in [0.4, 0.5) is 0 Å². The van der Waals surface area contributed by atoms with Crippen molar-refractivity contribution in [2.24, 2.45) is 0 Å². The zero-order chi connectivity index (χ0) is 13.3. The van der Waals surface area contributed by atoms with Crippen molar-refractivity contribution in [1.29, 1.82) is 0 Å². The molecule has 1 aromatic rings. The van der Waals surface area contributed by atoms with Crippen molar-refractivity contribution in [2.45, 2.75) is 11.8 Å². The molecule has 0 amide bonds. The highest BCUT2D eigenvalue weighted by Gasteiger charge is 2.29. The topological polar surface area (TPSA) is 74.7 Å². The Morgan fingerprint density at radius 2 is 1.78 bits per heavy atom. The second-order valence-corrected chi connectivity index (χ2v) is 6.13. The molecular formula is C12H13NO4S. The van der Waals surface area contributed by atoms with Gasteiger partial charge in [0, 0.05) is 6.08 Å². The van der Waals surface area contributed by atoms with Crippen LogP contribution in [-0.2, 0) is 14.8 Å². The number of hydrogen-bond acceptors (Lipinski definition) is 4. The van der Waals surface area contributed by atoms with E-state index in [1.807, 2.05) is 6.92 Å². The van der Waals surface area contributed by atoms with E-state index in [0.717, 1.165) is 15.9 Å². The van der Waals surface area contributed by atoms with Crippen LogP contribution >= 0.6 is 0 Å². The van der Waals surface area contributed by atoms with E-state index < -0.39 is 15.8 Å². The molecule has 0 aromatic heterocycles. The Hall–Kier alpha value is -1.66. The fraction of sp³-hybridized carbons (Fsp3) is 0.250. The van der Waals surface area contributed by atoms with Crippen LogP contribution in [0.2, 0.25) is 0 Å². The molecule has 1 aromatic carbocycles. The summed E-state index contributed by atoms with van der Waals surface area (Å²) in [5.74, 6) is -0.656. The van der Waals surface area contributed by atoms with Gasteiger partial charge in [0.15, 0.2) is 5.78 Å². The maximum Gasteiger partial charge on any atom is 0.243 e. The van der Waals surface area contributed by atoms with Gasteiger partial charge in [0.1, 0.15) is 5.76 Å². The quantitative estimate of drug-likeness (QED) is 0.867. The minimum absolute atomic E-state index is 0.121. The number of rotatable bonds is 2. The van der Waals surface area contributed by atoms with Gasteiger partial charge in [-0.1, -0.05) is 17.7 Å². The third-order valence-electron chi connectivity index (χ3n) is 2.66. The zero-order valence-corrected chi connectivity index (χ0v) is 10.6. The molecule has 2 rings (SSSR count).